The number of benzene rings is 1. The van der Waals surface area contributed by atoms with Gasteiger partial charge in [-0.15, -0.1) is 0 Å². The fourth-order valence-corrected chi connectivity index (χ4v) is 1.87. The monoisotopic (exact) mass is 286 g/mol. The van der Waals surface area contributed by atoms with Crippen molar-refractivity contribution in [3.8, 4) is 5.75 Å². The van der Waals surface area contributed by atoms with E-state index in [2.05, 4.69) is 5.32 Å². The van der Waals surface area contributed by atoms with E-state index in [0.717, 1.165) is 0 Å². The van der Waals surface area contributed by atoms with E-state index in [1.807, 2.05) is 0 Å². The van der Waals surface area contributed by atoms with Crippen LogP contribution in [-0.4, -0.2) is 42.3 Å². The van der Waals surface area contributed by atoms with Crippen LogP contribution in [0.5, 0.6) is 5.75 Å². The molecule has 1 aromatic carbocycles. The molecule has 1 rings (SSSR count). The average Bonchev–Trinajstić information content (AvgIpc) is 2.27. The topological polar surface area (TPSA) is 61.8 Å². The Labute approximate surface area is 118 Å². The summed E-state index contributed by atoms with van der Waals surface area (Å²) in [4.78, 5) is 13.3. The second-order valence-corrected chi connectivity index (χ2v) is 5.36. The minimum atomic E-state index is -0.941. The molecule has 0 saturated heterocycles. The highest BCUT2D eigenvalue weighted by Gasteiger charge is 2.19. The SMILES string of the molecule is COc1ccc(NC(=O)N(C)CC(C)(C)O)cc1Cl. The van der Waals surface area contributed by atoms with Gasteiger partial charge in [0.25, 0.3) is 0 Å². The number of nitrogens with one attached hydrogen (secondary N) is 1. The summed E-state index contributed by atoms with van der Waals surface area (Å²) in [5, 5.41) is 12.8. The van der Waals surface area contributed by atoms with Gasteiger partial charge in [0, 0.05) is 12.7 Å². The molecule has 5 nitrogen and oxygen atoms in total. The van der Waals surface area contributed by atoms with Gasteiger partial charge < -0.3 is 20.1 Å². The number of halogens is 1. The van der Waals surface area contributed by atoms with Crippen molar-refractivity contribution in [3.05, 3.63) is 23.2 Å². The van der Waals surface area contributed by atoms with Crippen molar-refractivity contribution in [1.82, 2.24) is 4.90 Å². The van der Waals surface area contributed by atoms with Gasteiger partial charge in [-0.25, -0.2) is 4.79 Å². The van der Waals surface area contributed by atoms with Crippen LogP contribution in [0.15, 0.2) is 18.2 Å². The third kappa shape index (κ3) is 4.96. The molecular formula is C13H19ClN2O3. The first kappa shape index (κ1) is 15.6. The highest BCUT2D eigenvalue weighted by molar-refractivity contribution is 6.32. The molecule has 0 fully saturated rings. The molecule has 6 heteroatoms. The zero-order valence-electron chi connectivity index (χ0n) is 11.5. The number of aliphatic hydroxyl groups is 1. The molecule has 0 saturated carbocycles. The Hall–Kier alpha value is -1.46. The summed E-state index contributed by atoms with van der Waals surface area (Å²) in [6.45, 7) is 3.50. The fraction of sp³-hybridized carbons (Fsp3) is 0.462. The molecule has 1 aromatic rings. The Kier molecular flexibility index (Phi) is 5.03. The van der Waals surface area contributed by atoms with Crippen LogP contribution in [0.1, 0.15) is 13.8 Å². The number of anilines is 1. The van der Waals surface area contributed by atoms with Crippen molar-refractivity contribution >= 4 is 23.3 Å². The number of likely N-dealkylation sites (N-methyl/N-ethyl adjacent to an activating group) is 1. The van der Waals surface area contributed by atoms with Crippen LogP contribution in [0.3, 0.4) is 0 Å². The summed E-state index contributed by atoms with van der Waals surface area (Å²) in [5.74, 6) is 0.546. The van der Waals surface area contributed by atoms with Crippen LogP contribution in [0.4, 0.5) is 10.5 Å². The van der Waals surface area contributed by atoms with Gasteiger partial charge in [0.2, 0.25) is 0 Å². The Bertz CT molecular complexity index is 458. The third-order valence-electron chi connectivity index (χ3n) is 2.37. The second kappa shape index (κ2) is 6.12. The number of ether oxygens (including phenoxy) is 1. The van der Waals surface area contributed by atoms with E-state index in [1.165, 1.54) is 12.0 Å². The first-order chi connectivity index (χ1) is 8.73. The van der Waals surface area contributed by atoms with Crippen molar-refractivity contribution in [1.29, 1.82) is 0 Å². The average molecular weight is 287 g/mol. The number of hydrogen-bond donors (Lipinski definition) is 2. The van der Waals surface area contributed by atoms with E-state index in [4.69, 9.17) is 16.3 Å². The van der Waals surface area contributed by atoms with Gasteiger partial charge in [0.05, 0.1) is 24.3 Å². The molecule has 2 N–H and O–H groups in total. The number of rotatable bonds is 4. The fourth-order valence-electron chi connectivity index (χ4n) is 1.62. The Morgan fingerprint density at radius 3 is 2.63 bits per heavy atom. The third-order valence-corrected chi connectivity index (χ3v) is 2.67. The molecule has 106 valence electrons. The second-order valence-electron chi connectivity index (χ2n) is 4.95. The molecule has 0 spiro atoms. The summed E-state index contributed by atoms with van der Waals surface area (Å²) in [5.41, 5.74) is -0.373. The lowest BCUT2D eigenvalue weighted by Crippen LogP contribution is -2.41. The van der Waals surface area contributed by atoms with Crippen molar-refractivity contribution < 1.29 is 14.6 Å². The van der Waals surface area contributed by atoms with Crippen LogP contribution in [0.25, 0.3) is 0 Å². The van der Waals surface area contributed by atoms with Crippen molar-refractivity contribution in [2.75, 3.05) is 26.0 Å². The summed E-state index contributed by atoms with van der Waals surface area (Å²) >= 11 is 5.97. The van der Waals surface area contributed by atoms with Gasteiger partial charge >= 0.3 is 6.03 Å². The Balaban J connectivity index is 2.69. The van der Waals surface area contributed by atoms with E-state index in [1.54, 1.807) is 39.1 Å². The molecule has 0 heterocycles. The van der Waals surface area contributed by atoms with Crippen LogP contribution in [-0.2, 0) is 0 Å². The zero-order chi connectivity index (χ0) is 14.6. The molecular weight excluding hydrogens is 268 g/mol. The zero-order valence-corrected chi connectivity index (χ0v) is 12.3. The minimum absolute atomic E-state index is 0.225. The first-order valence-corrected chi connectivity index (χ1v) is 6.19. The summed E-state index contributed by atoms with van der Waals surface area (Å²) in [6, 6.07) is 4.66. The number of carbonyl (C=O) groups is 1. The van der Waals surface area contributed by atoms with Gasteiger partial charge in [0.1, 0.15) is 5.75 Å². The molecule has 0 unspecified atom stereocenters. The lowest BCUT2D eigenvalue weighted by Gasteiger charge is -2.25. The molecule has 0 radical (unpaired) electrons. The van der Waals surface area contributed by atoms with E-state index >= 15 is 0 Å². The molecule has 0 aromatic heterocycles. The molecule has 0 aliphatic carbocycles. The van der Waals surface area contributed by atoms with Gasteiger partial charge in [-0.05, 0) is 32.0 Å². The Morgan fingerprint density at radius 1 is 1.53 bits per heavy atom. The van der Waals surface area contributed by atoms with Gasteiger partial charge in [-0.2, -0.15) is 0 Å². The maximum absolute atomic E-state index is 11.9. The summed E-state index contributed by atoms with van der Waals surface area (Å²) in [6.07, 6.45) is 0. The lowest BCUT2D eigenvalue weighted by atomic mass is 10.1. The van der Waals surface area contributed by atoms with Crippen LogP contribution in [0.2, 0.25) is 5.02 Å². The normalized spacial score (nSPS) is 11.1. The van der Waals surface area contributed by atoms with E-state index < -0.39 is 5.60 Å². The highest BCUT2D eigenvalue weighted by Crippen LogP contribution is 2.27. The predicted octanol–water partition coefficient (Wildman–Crippen LogP) is 2.58. The van der Waals surface area contributed by atoms with Crippen LogP contribution >= 0.6 is 11.6 Å². The number of methoxy groups -OCH3 is 1. The predicted molar refractivity (Wildman–Crippen MR) is 76.0 cm³/mol. The van der Waals surface area contributed by atoms with Crippen molar-refractivity contribution in [2.24, 2.45) is 0 Å². The highest BCUT2D eigenvalue weighted by atomic mass is 35.5. The maximum Gasteiger partial charge on any atom is 0.321 e. The quantitative estimate of drug-likeness (QED) is 0.894. The van der Waals surface area contributed by atoms with Gasteiger partial charge in [0.15, 0.2) is 0 Å². The van der Waals surface area contributed by atoms with E-state index in [9.17, 15) is 9.90 Å². The van der Waals surface area contributed by atoms with E-state index in [0.29, 0.717) is 16.5 Å². The molecule has 0 aliphatic heterocycles. The Morgan fingerprint density at radius 2 is 2.16 bits per heavy atom. The van der Waals surface area contributed by atoms with E-state index in [-0.39, 0.29) is 12.6 Å². The molecule has 0 atom stereocenters. The summed E-state index contributed by atoms with van der Waals surface area (Å²) < 4.78 is 5.03. The van der Waals surface area contributed by atoms with Crippen LogP contribution in [0, 0.1) is 0 Å². The number of carbonyl (C=O) groups excluding carboxylic acids is 1. The maximum atomic E-state index is 11.9. The molecule has 19 heavy (non-hydrogen) atoms. The largest absolute Gasteiger partial charge is 0.495 e. The molecule has 0 aliphatic rings. The van der Waals surface area contributed by atoms with Crippen LogP contribution < -0.4 is 10.1 Å². The van der Waals surface area contributed by atoms with Crippen molar-refractivity contribution in [3.63, 3.8) is 0 Å². The standard InChI is InChI=1S/C13H19ClN2O3/c1-13(2,18)8-16(3)12(17)15-9-5-6-11(19-4)10(14)7-9/h5-7,18H,8H2,1-4H3,(H,15,17). The minimum Gasteiger partial charge on any atom is -0.495 e. The van der Waals surface area contributed by atoms with Crippen molar-refractivity contribution in [2.45, 2.75) is 19.4 Å². The number of amides is 2. The summed E-state index contributed by atoms with van der Waals surface area (Å²) in [7, 11) is 3.13. The number of nitrogens with zero attached hydrogens (tertiary/aromatic N) is 1. The van der Waals surface area contributed by atoms with Gasteiger partial charge in [-0.1, -0.05) is 11.6 Å². The molecule has 2 amide bonds. The lowest BCUT2D eigenvalue weighted by molar-refractivity contribution is 0.0550. The van der Waals surface area contributed by atoms with Gasteiger partial charge in [-0.3, -0.25) is 0 Å². The number of hydrogen-bond acceptors (Lipinski definition) is 3. The smallest absolute Gasteiger partial charge is 0.321 e. The number of urea groups is 1. The molecule has 0 bridgehead atoms. The first-order valence-electron chi connectivity index (χ1n) is 5.81.